The van der Waals surface area contributed by atoms with Crippen LogP contribution in [0.5, 0.6) is 0 Å². The van der Waals surface area contributed by atoms with E-state index in [1.54, 1.807) is 36.4 Å². The molecule has 3 amide bonds. The lowest BCUT2D eigenvalue weighted by Crippen LogP contribution is -2.48. The molecule has 8 heteroatoms. The fraction of sp³-hybridized carbons (Fsp3) is 0.120. The molecular weight excluding hydrogens is 436 g/mol. The van der Waals surface area contributed by atoms with E-state index in [0.717, 1.165) is 16.7 Å². The van der Waals surface area contributed by atoms with Gasteiger partial charge in [0.05, 0.1) is 6.42 Å². The lowest BCUT2D eigenvalue weighted by Gasteiger charge is -2.12. The monoisotopic (exact) mass is 460 g/mol. The molecule has 0 heterocycles. The molecule has 0 bridgehead atoms. The summed E-state index contributed by atoms with van der Waals surface area (Å²) >= 11 is 5.07. The molecule has 7 nitrogen and oxygen atoms in total. The molecule has 0 radical (unpaired) electrons. The number of carbonyl (C=O) groups excluding carboxylic acids is 3. The van der Waals surface area contributed by atoms with Gasteiger partial charge in [-0.25, -0.2) is 0 Å². The molecule has 0 aromatic heterocycles. The van der Waals surface area contributed by atoms with Crippen LogP contribution in [0, 0.1) is 13.8 Å². The summed E-state index contributed by atoms with van der Waals surface area (Å²) < 4.78 is 0. The third-order valence-electron chi connectivity index (χ3n) is 4.84. The first-order valence-corrected chi connectivity index (χ1v) is 10.7. The van der Waals surface area contributed by atoms with Gasteiger partial charge in [-0.3, -0.25) is 25.2 Å². The zero-order valence-corrected chi connectivity index (χ0v) is 19.1. The average molecular weight is 461 g/mol. The second-order valence-electron chi connectivity index (χ2n) is 7.46. The van der Waals surface area contributed by atoms with E-state index in [2.05, 4.69) is 21.5 Å². The van der Waals surface area contributed by atoms with Gasteiger partial charge in [0.1, 0.15) is 0 Å². The molecule has 0 aliphatic carbocycles. The molecule has 3 aromatic rings. The van der Waals surface area contributed by atoms with Crippen molar-refractivity contribution in [2.45, 2.75) is 20.3 Å². The van der Waals surface area contributed by atoms with Gasteiger partial charge in [-0.05, 0) is 73.6 Å². The number of anilines is 1. The fourth-order valence-corrected chi connectivity index (χ4v) is 3.23. The van der Waals surface area contributed by atoms with E-state index in [1.165, 1.54) is 0 Å². The minimum absolute atomic E-state index is 0.0102. The van der Waals surface area contributed by atoms with Gasteiger partial charge in [0.25, 0.3) is 11.8 Å². The van der Waals surface area contributed by atoms with Crippen molar-refractivity contribution in [1.29, 1.82) is 0 Å². The van der Waals surface area contributed by atoms with E-state index in [4.69, 9.17) is 12.2 Å². The molecule has 3 rings (SSSR count). The van der Waals surface area contributed by atoms with Crippen molar-refractivity contribution in [3.8, 4) is 0 Å². The first kappa shape index (κ1) is 23.6. The van der Waals surface area contributed by atoms with Crippen molar-refractivity contribution >= 4 is 40.7 Å². The van der Waals surface area contributed by atoms with Gasteiger partial charge in [-0.15, -0.1) is 0 Å². The largest absolute Gasteiger partial charge is 0.322 e. The van der Waals surface area contributed by atoms with Crippen LogP contribution in [0.25, 0.3) is 0 Å². The summed E-state index contributed by atoms with van der Waals surface area (Å²) in [6.07, 6.45) is 0.179. The number of benzene rings is 3. The van der Waals surface area contributed by atoms with Crippen LogP contribution in [-0.2, 0) is 11.2 Å². The lowest BCUT2D eigenvalue weighted by atomic mass is 10.1. The molecule has 4 N–H and O–H groups in total. The number of hydrogen-bond acceptors (Lipinski definition) is 4. The maximum atomic E-state index is 12.3. The lowest BCUT2D eigenvalue weighted by molar-refractivity contribution is -0.119. The number of thiocarbonyl (C=S) groups is 1. The minimum atomic E-state index is -0.443. The van der Waals surface area contributed by atoms with Crippen LogP contribution in [0.4, 0.5) is 5.69 Å². The summed E-state index contributed by atoms with van der Waals surface area (Å²) in [4.78, 5) is 36.8. The summed E-state index contributed by atoms with van der Waals surface area (Å²) in [6, 6.07) is 21.2. The zero-order valence-electron chi connectivity index (χ0n) is 18.3. The van der Waals surface area contributed by atoms with Crippen molar-refractivity contribution in [1.82, 2.24) is 16.2 Å². The van der Waals surface area contributed by atoms with E-state index < -0.39 is 5.91 Å². The number of nitrogens with one attached hydrogen (secondary N) is 4. The number of rotatable bonds is 5. The topological polar surface area (TPSA) is 99.3 Å². The number of amides is 3. The normalized spacial score (nSPS) is 10.1. The number of aryl methyl sites for hydroxylation is 2. The van der Waals surface area contributed by atoms with Gasteiger partial charge in [0.2, 0.25) is 5.91 Å². The second kappa shape index (κ2) is 11.0. The van der Waals surface area contributed by atoms with Crippen LogP contribution in [-0.4, -0.2) is 22.8 Å². The van der Waals surface area contributed by atoms with E-state index >= 15 is 0 Å². The van der Waals surface area contributed by atoms with Crippen LogP contribution in [0.3, 0.4) is 0 Å². The Labute approximate surface area is 197 Å². The van der Waals surface area contributed by atoms with Gasteiger partial charge >= 0.3 is 0 Å². The van der Waals surface area contributed by atoms with Gasteiger partial charge < -0.3 is 10.6 Å². The Bertz CT molecular complexity index is 1190. The van der Waals surface area contributed by atoms with E-state index in [1.807, 2.05) is 50.2 Å². The van der Waals surface area contributed by atoms with E-state index in [0.29, 0.717) is 16.8 Å². The first-order chi connectivity index (χ1) is 15.8. The predicted molar refractivity (Wildman–Crippen MR) is 132 cm³/mol. The molecule has 168 valence electrons. The summed E-state index contributed by atoms with van der Waals surface area (Å²) in [7, 11) is 0. The summed E-state index contributed by atoms with van der Waals surface area (Å²) in [6.45, 7) is 3.85. The maximum absolute atomic E-state index is 12.3. The van der Waals surface area contributed by atoms with Crippen LogP contribution >= 0.6 is 12.2 Å². The van der Waals surface area contributed by atoms with Crippen LogP contribution in [0.2, 0.25) is 0 Å². The smallest absolute Gasteiger partial charge is 0.269 e. The molecule has 0 spiro atoms. The van der Waals surface area contributed by atoms with Crippen molar-refractivity contribution in [2.24, 2.45) is 0 Å². The van der Waals surface area contributed by atoms with Gasteiger partial charge in [0.15, 0.2) is 5.11 Å². The number of carbonyl (C=O) groups is 3. The molecule has 0 aliphatic heterocycles. The van der Waals surface area contributed by atoms with E-state index in [9.17, 15) is 14.4 Å². The third kappa shape index (κ3) is 6.98. The first-order valence-electron chi connectivity index (χ1n) is 10.2. The van der Waals surface area contributed by atoms with Crippen LogP contribution in [0.15, 0.2) is 72.8 Å². The van der Waals surface area contributed by atoms with Crippen molar-refractivity contribution in [3.63, 3.8) is 0 Å². The Morgan fingerprint density at radius 1 is 0.788 bits per heavy atom. The van der Waals surface area contributed by atoms with Gasteiger partial charge in [-0.1, -0.05) is 42.0 Å². The molecule has 0 unspecified atom stereocenters. The molecule has 0 fully saturated rings. The Kier molecular flexibility index (Phi) is 7.88. The highest BCUT2D eigenvalue weighted by Gasteiger charge is 2.11. The van der Waals surface area contributed by atoms with Crippen LogP contribution in [0.1, 0.15) is 37.4 Å². The number of hydrogen-bond donors (Lipinski definition) is 4. The highest BCUT2D eigenvalue weighted by molar-refractivity contribution is 7.80. The highest BCUT2D eigenvalue weighted by Crippen LogP contribution is 2.12. The summed E-state index contributed by atoms with van der Waals surface area (Å²) in [5.74, 6) is -0.962. The summed E-state index contributed by atoms with van der Waals surface area (Å²) in [5, 5.41) is 5.31. The van der Waals surface area contributed by atoms with Crippen LogP contribution < -0.4 is 21.5 Å². The minimum Gasteiger partial charge on any atom is -0.322 e. The Balaban J connectivity index is 1.47. The fourth-order valence-electron chi connectivity index (χ4n) is 3.06. The van der Waals surface area contributed by atoms with Crippen molar-refractivity contribution < 1.29 is 14.4 Å². The SMILES string of the molecule is Cc1cccc(C(=O)Nc2ccc(C(=O)NNC(=S)NC(=O)Cc3ccccc3C)cc2)c1. The Hall–Kier alpha value is -4.04. The summed E-state index contributed by atoms with van der Waals surface area (Å²) in [5.41, 5.74) is 9.33. The van der Waals surface area contributed by atoms with Crippen molar-refractivity contribution in [2.75, 3.05) is 5.32 Å². The Morgan fingerprint density at radius 3 is 2.21 bits per heavy atom. The van der Waals surface area contributed by atoms with Gasteiger partial charge in [0, 0.05) is 16.8 Å². The molecule has 0 saturated carbocycles. The molecule has 0 saturated heterocycles. The van der Waals surface area contributed by atoms with Gasteiger partial charge in [-0.2, -0.15) is 0 Å². The molecule has 0 atom stereocenters. The molecular formula is C25H24N4O3S. The quantitative estimate of drug-likeness (QED) is 0.345. The zero-order chi connectivity index (χ0) is 23.8. The average Bonchev–Trinajstić information content (AvgIpc) is 2.79. The molecule has 0 aliphatic rings. The predicted octanol–water partition coefficient (Wildman–Crippen LogP) is 3.43. The molecule has 33 heavy (non-hydrogen) atoms. The number of hydrazine groups is 1. The second-order valence-corrected chi connectivity index (χ2v) is 7.87. The Morgan fingerprint density at radius 2 is 1.52 bits per heavy atom. The maximum Gasteiger partial charge on any atom is 0.269 e. The standard InChI is InChI=1S/C25H24N4O3S/c1-16-6-5-9-20(14-16)23(31)26-21-12-10-18(11-13-21)24(32)28-29-25(33)27-22(30)15-19-8-4-3-7-17(19)2/h3-14H,15H2,1-2H3,(H,26,31)(H,28,32)(H2,27,29,30,33). The van der Waals surface area contributed by atoms with Crippen molar-refractivity contribution in [3.05, 3.63) is 101 Å². The molecule has 3 aromatic carbocycles. The highest BCUT2D eigenvalue weighted by atomic mass is 32.1. The van der Waals surface area contributed by atoms with E-state index in [-0.39, 0.29) is 23.3 Å². The third-order valence-corrected chi connectivity index (χ3v) is 5.04.